The summed E-state index contributed by atoms with van der Waals surface area (Å²) >= 11 is 12.8. The van der Waals surface area contributed by atoms with Crippen molar-refractivity contribution >= 4 is 91.4 Å². The summed E-state index contributed by atoms with van der Waals surface area (Å²) in [5, 5.41) is 0. The molecule has 10 heteroatoms. The molecule has 2 saturated heterocycles. The minimum Gasteiger partial charge on any atom is -0.295 e. The van der Waals surface area contributed by atoms with Crippen molar-refractivity contribution in [3.8, 4) is 0 Å². The van der Waals surface area contributed by atoms with Crippen molar-refractivity contribution in [3.05, 3.63) is 69.5 Å². The highest BCUT2D eigenvalue weighted by atomic mass is 32.2. The molecule has 0 aromatic heterocycles. The Morgan fingerprint density at radius 3 is 1.44 bits per heavy atom. The molecule has 2 aliphatic rings. The van der Waals surface area contributed by atoms with Crippen LogP contribution in [0.3, 0.4) is 0 Å². The van der Waals surface area contributed by atoms with Gasteiger partial charge in [0, 0.05) is 11.1 Å². The van der Waals surface area contributed by atoms with Gasteiger partial charge in [-0.3, -0.25) is 29.0 Å². The first-order valence-corrected chi connectivity index (χ1v) is 11.7. The molecule has 0 radical (unpaired) electrons. The van der Waals surface area contributed by atoms with Gasteiger partial charge in [0.2, 0.25) is 0 Å². The molecule has 2 aromatic carbocycles. The number of hydrogen-bond acceptors (Lipinski definition) is 8. The molecule has 6 nitrogen and oxygen atoms in total. The van der Waals surface area contributed by atoms with Crippen molar-refractivity contribution in [1.29, 1.82) is 0 Å². The van der Waals surface area contributed by atoms with Gasteiger partial charge in [-0.15, -0.1) is 0 Å². The van der Waals surface area contributed by atoms with Crippen molar-refractivity contribution in [2.75, 3.05) is 9.80 Å². The summed E-state index contributed by atoms with van der Waals surface area (Å²) in [6.07, 6.45) is 0. The molecule has 160 valence electrons. The van der Waals surface area contributed by atoms with Crippen LogP contribution in [0.25, 0.3) is 0 Å². The number of thiocarbonyl (C=S) groups is 2. The normalized spacial score (nSPS) is 18.7. The zero-order valence-electron chi connectivity index (χ0n) is 16.8. The van der Waals surface area contributed by atoms with Crippen LogP contribution < -0.4 is 9.80 Å². The average molecular weight is 499 g/mol. The molecule has 4 rings (SSSR count). The van der Waals surface area contributed by atoms with E-state index in [9.17, 15) is 19.2 Å². The Morgan fingerprint density at radius 1 is 0.719 bits per heavy atom. The van der Waals surface area contributed by atoms with Crippen molar-refractivity contribution in [3.63, 3.8) is 0 Å². The number of carbonyl (C=O) groups excluding carboxylic acids is 4. The number of thioether (sulfide) groups is 2. The lowest BCUT2D eigenvalue weighted by Crippen LogP contribution is -2.29. The summed E-state index contributed by atoms with van der Waals surface area (Å²) in [6, 6.07) is 13.2. The van der Waals surface area contributed by atoms with E-state index >= 15 is 0 Å². The van der Waals surface area contributed by atoms with Crippen molar-refractivity contribution < 1.29 is 19.2 Å². The van der Waals surface area contributed by atoms with E-state index in [2.05, 4.69) is 0 Å². The molecule has 2 heterocycles. The molecule has 0 atom stereocenters. The second-order valence-corrected chi connectivity index (χ2v) is 10.2. The third-order valence-corrected chi connectivity index (χ3v) is 7.64. The van der Waals surface area contributed by atoms with E-state index in [1.807, 2.05) is 0 Å². The Balaban J connectivity index is 1.70. The molecule has 2 aromatic rings. The predicted octanol–water partition coefficient (Wildman–Crippen LogP) is 4.73. The topological polar surface area (TPSA) is 74.8 Å². The van der Waals surface area contributed by atoms with Crippen LogP contribution in [-0.2, 0) is 9.59 Å². The Hall–Kier alpha value is -2.66. The number of carbonyl (C=O) groups is 4. The van der Waals surface area contributed by atoms with E-state index in [0.29, 0.717) is 22.5 Å². The number of benzene rings is 2. The summed E-state index contributed by atoms with van der Waals surface area (Å²) in [7, 11) is 0. The van der Waals surface area contributed by atoms with Gasteiger partial charge in [-0.25, -0.2) is 0 Å². The van der Waals surface area contributed by atoms with Crippen LogP contribution in [0, 0.1) is 0 Å². The Morgan fingerprint density at radius 2 is 1.09 bits per heavy atom. The summed E-state index contributed by atoms with van der Waals surface area (Å²) < 4.78 is 0.518. The van der Waals surface area contributed by atoms with Gasteiger partial charge in [0.1, 0.15) is 0 Å². The van der Waals surface area contributed by atoms with Crippen LogP contribution in [0.2, 0.25) is 0 Å². The zero-order chi connectivity index (χ0) is 23.2. The lowest BCUT2D eigenvalue weighted by molar-refractivity contribution is -0.115. The zero-order valence-corrected chi connectivity index (χ0v) is 20.0. The number of nitrogens with zero attached hydrogens (tertiary/aromatic N) is 2. The average Bonchev–Trinajstić information content (AvgIpc) is 3.22. The third kappa shape index (κ3) is 3.95. The fourth-order valence-corrected chi connectivity index (χ4v) is 5.93. The van der Waals surface area contributed by atoms with Crippen LogP contribution in [0.5, 0.6) is 0 Å². The minimum absolute atomic E-state index is 0.133. The van der Waals surface area contributed by atoms with Crippen molar-refractivity contribution in [2.45, 2.75) is 13.8 Å². The largest absolute Gasteiger partial charge is 0.295 e. The smallest absolute Gasteiger partial charge is 0.272 e. The monoisotopic (exact) mass is 498 g/mol. The quantitative estimate of drug-likeness (QED) is 0.340. The molecule has 2 aliphatic heterocycles. The Bertz CT molecular complexity index is 1190. The second kappa shape index (κ2) is 8.70. The Labute approximate surface area is 203 Å². The van der Waals surface area contributed by atoms with Gasteiger partial charge in [0.15, 0.2) is 20.2 Å². The lowest BCUT2D eigenvalue weighted by Gasteiger charge is -2.15. The summed E-state index contributed by atoms with van der Waals surface area (Å²) in [6.45, 7) is 2.88. The van der Waals surface area contributed by atoms with Crippen LogP contribution in [0.15, 0.2) is 58.3 Å². The van der Waals surface area contributed by atoms with Crippen molar-refractivity contribution in [1.82, 2.24) is 0 Å². The van der Waals surface area contributed by atoms with Gasteiger partial charge in [-0.1, -0.05) is 72.2 Å². The summed E-state index contributed by atoms with van der Waals surface area (Å²) in [5.41, 5.74) is 1.82. The van der Waals surface area contributed by atoms with Gasteiger partial charge in [-0.05, 0) is 38.1 Å². The van der Waals surface area contributed by atoms with E-state index in [4.69, 9.17) is 24.4 Å². The van der Waals surface area contributed by atoms with Crippen LogP contribution in [0.4, 0.5) is 11.4 Å². The summed E-state index contributed by atoms with van der Waals surface area (Å²) in [5.74, 6) is -1.16. The fourth-order valence-electron chi connectivity index (χ4n) is 3.18. The number of anilines is 2. The predicted molar refractivity (Wildman–Crippen MR) is 135 cm³/mol. The first-order chi connectivity index (χ1) is 15.2. The summed E-state index contributed by atoms with van der Waals surface area (Å²) in [4.78, 5) is 52.9. The molecule has 2 amide bonds. The van der Waals surface area contributed by atoms with E-state index in [1.54, 1.807) is 48.5 Å². The van der Waals surface area contributed by atoms with Gasteiger partial charge in [0.25, 0.3) is 11.8 Å². The van der Waals surface area contributed by atoms with Crippen LogP contribution in [-0.4, -0.2) is 32.0 Å². The maximum absolute atomic E-state index is 13.2. The molecule has 0 saturated carbocycles. The number of ketones is 2. The SMILES string of the molecule is CC(=O)c1cccc(N2C(=O)C(=C3SC(=S)N(c4cccc(C(C)=O)c4)C3=O)SC2=S)c1. The molecule has 2 fully saturated rings. The molecule has 32 heavy (non-hydrogen) atoms. The van der Waals surface area contributed by atoms with E-state index in [1.165, 1.54) is 23.6 Å². The first kappa shape index (κ1) is 22.5. The fraction of sp³-hybridized carbons (Fsp3) is 0.0909. The minimum atomic E-state index is -0.446. The van der Waals surface area contributed by atoms with Gasteiger partial charge < -0.3 is 0 Å². The van der Waals surface area contributed by atoms with E-state index in [0.717, 1.165) is 23.5 Å². The van der Waals surface area contributed by atoms with E-state index in [-0.39, 0.29) is 30.0 Å². The maximum atomic E-state index is 13.2. The third-order valence-electron chi connectivity index (χ3n) is 4.77. The number of hydrogen-bond donors (Lipinski definition) is 0. The highest BCUT2D eigenvalue weighted by Crippen LogP contribution is 2.44. The molecule has 0 N–H and O–H groups in total. The van der Waals surface area contributed by atoms with Gasteiger partial charge in [-0.2, -0.15) is 0 Å². The molecule has 0 aliphatic carbocycles. The number of amides is 2. The lowest BCUT2D eigenvalue weighted by atomic mass is 10.1. The highest BCUT2D eigenvalue weighted by Gasteiger charge is 2.43. The van der Waals surface area contributed by atoms with Crippen LogP contribution in [0.1, 0.15) is 34.6 Å². The number of Topliss-reactive ketones (excluding diaryl/α,β-unsaturated/α-hetero) is 2. The highest BCUT2D eigenvalue weighted by molar-refractivity contribution is 8.30. The molecular formula is C22H14N2O4S4. The number of rotatable bonds is 4. The maximum Gasteiger partial charge on any atom is 0.272 e. The Kier molecular flexibility index (Phi) is 6.13. The second-order valence-electron chi connectivity index (χ2n) is 6.89. The van der Waals surface area contributed by atoms with Gasteiger partial charge in [0.05, 0.1) is 21.2 Å². The molecule has 0 unspecified atom stereocenters. The van der Waals surface area contributed by atoms with E-state index < -0.39 is 11.8 Å². The van der Waals surface area contributed by atoms with Crippen molar-refractivity contribution in [2.24, 2.45) is 0 Å². The molecule has 0 bridgehead atoms. The van der Waals surface area contributed by atoms with Gasteiger partial charge >= 0.3 is 0 Å². The van der Waals surface area contributed by atoms with Crippen LogP contribution >= 0.6 is 48.0 Å². The first-order valence-electron chi connectivity index (χ1n) is 9.28. The standard InChI is InChI=1S/C22H14N2O4S4/c1-11(25)13-5-3-7-15(9-13)23-19(27)17(31-21(23)29)18-20(28)24(22(30)32-18)16-8-4-6-14(10-16)12(2)26/h3-10H,1-2H3. The molecular weight excluding hydrogens is 485 g/mol. The molecule has 0 spiro atoms.